The lowest BCUT2D eigenvalue weighted by Crippen LogP contribution is -1.98. The van der Waals surface area contributed by atoms with Crippen LogP contribution in [0.3, 0.4) is 0 Å². The Morgan fingerprint density at radius 3 is 2.75 bits per heavy atom. The first-order valence-corrected chi connectivity index (χ1v) is 2.96. The molecule has 0 fully saturated rings. The summed E-state index contributed by atoms with van der Waals surface area (Å²) in [4.78, 5) is 12.9. The maximum atomic E-state index is 10.2. The minimum Gasteiger partial charge on any atom is -0.362 e. The van der Waals surface area contributed by atoms with Gasteiger partial charge in [-0.2, -0.15) is 5.26 Å². The standard InChI is InChI=1S/C6H4N4O2/c7-3-4-1-2-5(10(11)12)9-6(4)8/h1-2H,(H2,8,9). The summed E-state index contributed by atoms with van der Waals surface area (Å²) >= 11 is 0. The van der Waals surface area contributed by atoms with Crippen LogP contribution in [0.4, 0.5) is 11.6 Å². The van der Waals surface area contributed by atoms with Gasteiger partial charge in [0.2, 0.25) is 0 Å². The highest BCUT2D eigenvalue weighted by Crippen LogP contribution is 2.13. The number of nitriles is 1. The molecule has 12 heavy (non-hydrogen) atoms. The molecule has 0 atom stereocenters. The number of anilines is 1. The van der Waals surface area contributed by atoms with E-state index in [1.165, 1.54) is 6.07 Å². The predicted molar refractivity (Wildman–Crippen MR) is 40.0 cm³/mol. The second-order valence-electron chi connectivity index (χ2n) is 1.97. The normalized spacial score (nSPS) is 8.92. The predicted octanol–water partition coefficient (Wildman–Crippen LogP) is 0.444. The summed E-state index contributed by atoms with van der Waals surface area (Å²) in [5, 5.41) is 18.6. The molecule has 0 aliphatic rings. The Hall–Kier alpha value is -2.16. The molecule has 1 heterocycles. The van der Waals surface area contributed by atoms with Crippen molar-refractivity contribution in [2.45, 2.75) is 0 Å². The number of aromatic nitrogens is 1. The number of nitrogens with zero attached hydrogens (tertiary/aromatic N) is 3. The van der Waals surface area contributed by atoms with Crippen LogP contribution < -0.4 is 5.73 Å². The first-order chi connectivity index (χ1) is 5.65. The van der Waals surface area contributed by atoms with Crippen LogP contribution in [-0.2, 0) is 0 Å². The first kappa shape index (κ1) is 7.94. The Bertz CT molecular complexity index is 368. The SMILES string of the molecule is N#Cc1ccc([N+](=O)[O-])nc1N. The van der Waals surface area contributed by atoms with Crippen LogP contribution in [0, 0.1) is 21.4 Å². The van der Waals surface area contributed by atoms with E-state index >= 15 is 0 Å². The molecule has 60 valence electrons. The maximum Gasteiger partial charge on any atom is 0.365 e. The monoisotopic (exact) mass is 164 g/mol. The van der Waals surface area contributed by atoms with Crippen LogP contribution in [0.25, 0.3) is 0 Å². The van der Waals surface area contributed by atoms with E-state index in [2.05, 4.69) is 4.98 Å². The van der Waals surface area contributed by atoms with Gasteiger partial charge in [-0.05, 0) is 16.0 Å². The Balaban J connectivity index is 3.21. The molecule has 0 saturated heterocycles. The van der Waals surface area contributed by atoms with Gasteiger partial charge in [0.05, 0.1) is 0 Å². The summed E-state index contributed by atoms with van der Waals surface area (Å²) in [6.07, 6.45) is 0. The molecular weight excluding hydrogens is 160 g/mol. The van der Waals surface area contributed by atoms with E-state index in [1.807, 2.05) is 0 Å². The number of nitro groups is 1. The molecule has 6 nitrogen and oxygen atoms in total. The summed E-state index contributed by atoms with van der Waals surface area (Å²) in [6, 6.07) is 4.15. The van der Waals surface area contributed by atoms with Gasteiger partial charge in [-0.3, -0.25) is 0 Å². The van der Waals surface area contributed by atoms with Crippen molar-refractivity contribution >= 4 is 11.6 Å². The fourth-order valence-corrected chi connectivity index (χ4v) is 0.660. The highest BCUT2D eigenvalue weighted by molar-refractivity contribution is 5.50. The fourth-order valence-electron chi connectivity index (χ4n) is 0.660. The zero-order chi connectivity index (χ0) is 9.14. The van der Waals surface area contributed by atoms with E-state index in [-0.39, 0.29) is 17.2 Å². The van der Waals surface area contributed by atoms with Crippen LogP contribution in [0.1, 0.15) is 5.56 Å². The number of rotatable bonds is 1. The molecule has 0 aliphatic carbocycles. The van der Waals surface area contributed by atoms with Crippen molar-refractivity contribution in [3.8, 4) is 6.07 Å². The highest BCUT2D eigenvalue weighted by atomic mass is 16.6. The first-order valence-electron chi connectivity index (χ1n) is 2.96. The number of nitrogen functional groups attached to an aromatic ring is 1. The van der Waals surface area contributed by atoms with E-state index in [0.29, 0.717) is 0 Å². The molecule has 0 spiro atoms. The quantitative estimate of drug-likeness (QED) is 0.478. The summed E-state index contributed by atoms with van der Waals surface area (Å²) in [6.45, 7) is 0. The van der Waals surface area contributed by atoms with Crippen molar-refractivity contribution in [2.75, 3.05) is 5.73 Å². The average Bonchev–Trinajstić information content (AvgIpc) is 2.04. The fraction of sp³-hybridized carbons (Fsp3) is 0. The van der Waals surface area contributed by atoms with Crippen LogP contribution >= 0.6 is 0 Å². The lowest BCUT2D eigenvalue weighted by molar-refractivity contribution is -0.389. The Kier molecular flexibility index (Phi) is 1.88. The molecule has 0 radical (unpaired) electrons. The maximum absolute atomic E-state index is 10.2. The van der Waals surface area contributed by atoms with Gasteiger partial charge in [0.15, 0.2) is 0 Å². The molecule has 1 aromatic rings. The molecule has 0 saturated carbocycles. The molecular formula is C6H4N4O2. The summed E-state index contributed by atoms with van der Waals surface area (Å²) in [5.41, 5.74) is 5.37. The van der Waals surface area contributed by atoms with E-state index < -0.39 is 4.92 Å². The second kappa shape index (κ2) is 2.84. The minimum absolute atomic E-state index is 0.119. The van der Waals surface area contributed by atoms with E-state index in [4.69, 9.17) is 11.0 Å². The van der Waals surface area contributed by atoms with Crippen molar-refractivity contribution in [2.24, 2.45) is 0 Å². The highest BCUT2D eigenvalue weighted by Gasteiger charge is 2.11. The Morgan fingerprint density at radius 2 is 2.33 bits per heavy atom. The van der Waals surface area contributed by atoms with Crippen LogP contribution in [0.5, 0.6) is 0 Å². The number of nitrogens with two attached hydrogens (primary N) is 1. The average molecular weight is 164 g/mol. The molecule has 0 bridgehead atoms. The molecule has 0 amide bonds. The van der Waals surface area contributed by atoms with E-state index in [1.54, 1.807) is 6.07 Å². The van der Waals surface area contributed by atoms with Crippen LogP contribution in [0.2, 0.25) is 0 Å². The lowest BCUT2D eigenvalue weighted by atomic mass is 10.3. The van der Waals surface area contributed by atoms with Crippen molar-refractivity contribution in [3.63, 3.8) is 0 Å². The third-order valence-corrected chi connectivity index (χ3v) is 1.22. The third kappa shape index (κ3) is 1.29. The lowest BCUT2D eigenvalue weighted by Gasteiger charge is -1.92. The largest absolute Gasteiger partial charge is 0.365 e. The Morgan fingerprint density at radius 1 is 1.67 bits per heavy atom. The third-order valence-electron chi connectivity index (χ3n) is 1.22. The summed E-state index contributed by atoms with van der Waals surface area (Å²) in [5.74, 6) is -0.474. The van der Waals surface area contributed by atoms with Crippen LogP contribution in [0.15, 0.2) is 12.1 Å². The second-order valence-corrected chi connectivity index (χ2v) is 1.97. The van der Waals surface area contributed by atoms with Crippen molar-refractivity contribution in [3.05, 3.63) is 27.8 Å². The van der Waals surface area contributed by atoms with Gasteiger partial charge in [0.1, 0.15) is 11.6 Å². The molecule has 1 aromatic heterocycles. The minimum atomic E-state index is -0.669. The molecule has 0 aromatic carbocycles. The molecule has 0 unspecified atom stereocenters. The van der Waals surface area contributed by atoms with Gasteiger partial charge >= 0.3 is 5.82 Å². The van der Waals surface area contributed by atoms with Crippen LogP contribution in [-0.4, -0.2) is 9.91 Å². The van der Waals surface area contributed by atoms with Crippen molar-refractivity contribution in [1.29, 1.82) is 5.26 Å². The topological polar surface area (TPSA) is 106 Å². The van der Waals surface area contributed by atoms with Crippen molar-refractivity contribution < 1.29 is 4.92 Å². The molecule has 1 rings (SSSR count). The summed E-state index contributed by atoms with van der Waals surface area (Å²) in [7, 11) is 0. The van der Waals surface area contributed by atoms with Gasteiger partial charge in [0.25, 0.3) is 5.82 Å². The van der Waals surface area contributed by atoms with Crippen molar-refractivity contribution in [1.82, 2.24) is 4.98 Å². The molecule has 6 heteroatoms. The summed E-state index contributed by atoms with van der Waals surface area (Å²) < 4.78 is 0. The zero-order valence-corrected chi connectivity index (χ0v) is 5.89. The molecule has 2 N–H and O–H groups in total. The zero-order valence-electron chi connectivity index (χ0n) is 5.89. The smallest absolute Gasteiger partial charge is 0.362 e. The van der Waals surface area contributed by atoms with Gasteiger partial charge in [-0.15, -0.1) is 0 Å². The number of hydrogen-bond acceptors (Lipinski definition) is 5. The van der Waals surface area contributed by atoms with E-state index in [0.717, 1.165) is 6.07 Å². The van der Waals surface area contributed by atoms with E-state index in [9.17, 15) is 10.1 Å². The number of hydrogen-bond donors (Lipinski definition) is 1. The Labute approximate surface area is 67.4 Å². The van der Waals surface area contributed by atoms with Gasteiger partial charge < -0.3 is 15.8 Å². The number of pyridine rings is 1. The molecule has 0 aliphatic heterocycles. The van der Waals surface area contributed by atoms with Gasteiger partial charge in [-0.1, -0.05) is 0 Å². The van der Waals surface area contributed by atoms with Gasteiger partial charge in [-0.25, -0.2) is 0 Å². The van der Waals surface area contributed by atoms with Gasteiger partial charge in [0, 0.05) is 6.07 Å².